The summed E-state index contributed by atoms with van der Waals surface area (Å²) in [5.74, 6) is 0. The van der Waals surface area contributed by atoms with Crippen molar-refractivity contribution in [3.63, 3.8) is 0 Å². The van der Waals surface area contributed by atoms with Crippen molar-refractivity contribution in [2.75, 3.05) is 4.90 Å². The van der Waals surface area contributed by atoms with E-state index in [1.807, 2.05) is 57.2 Å². The molecule has 1 unspecified atom stereocenters. The number of carbonyl (C=O) groups is 1. The van der Waals surface area contributed by atoms with Gasteiger partial charge in [-0.15, -0.1) is 0 Å². The summed E-state index contributed by atoms with van der Waals surface area (Å²) in [4.78, 5) is 18.6. The number of nitrogens with zero attached hydrogens (tertiary/aromatic N) is 2. The molecular weight excluding hydrogens is 276 g/mol. The van der Waals surface area contributed by atoms with Gasteiger partial charge in [0.1, 0.15) is 5.60 Å². The Hall–Kier alpha value is -2.36. The minimum Gasteiger partial charge on any atom is -0.443 e. The van der Waals surface area contributed by atoms with Crippen molar-refractivity contribution in [1.82, 2.24) is 4.98 Å². The predicted molar refractivity (Wildman–Crippen MR) is 85.8 cm³/mol. The Labute approximate surface area is 130 Å². The number of amides is 1. The van der Waals surface area contributed by atoms with E-state index < -0.39 is 5.60 Å². The molecule has 114 valence electrons. The molecule has 4 heteroatoms. The van der Waals surface area contributed by atoms with E-state index in [-0.39, 0.29) is 12.1 Å². The maximum atomic E-state index is 12.7. The van der Waals surface area contributed by atoms with Gasteiger partial charge in [0.2, 0.25) is 0 Å². The van der Waals surface area contributed by atoms with Crippen molar-refractivity contribution in [2.24, 2.45) is 0 Å². The Morgan fingerprint density at radius 3 is 2.64 bits per heavy atom. The van der Waals surface area contributed by atoms with Gasteiger partial charge in [-0.2, -0.15) is 0 Å². The van der Waals surface area contributed by atoms with Crippen LogP contribution in [0.1, 0.15) is 37.9 Å². The molecule has 1 aliphatic rings. The number of aromatic nitrogens is 1. The molecule has 1 aromatic carbocycles. The van der Waals surface area contributed by atoms with Gasteiger partial charge in [0.25, 0.3) is 0 Å². The maximum absolute atomic E-state index is 12.7. The molecule has 0 spiro atoms. The lowest BCUT2D eigenvalue weighted by Gasteiger charge is -2.29. The molecule has 0 aliphatic carbocycles. The van der Waals surface area contributed by atoms with Crippen molar-refractivity contribution in [1.29, 1.82) is 0 Å². The molecule has 4 nitrogen and oxygen atoms in total. The van der Waals surface area contributed by atoms with E-state index in [1.54, 1.807) is 17.3 Å². The summed E-state index contributed by atoms with van der Waals surface area (Å²) in [5, 5.41) is 0. The largest absolute Gasteiger partial charge is 0.443 e. The lowest BCUT2D eigenvalue weighted by molar-refractivity contribution is 0.0569. The van der Waals surface area contributed by atoms with E-state index in [2.05, 4.69) is 4.98 Å². The van der Waals surface area contributed by atoms with Gasteiger partial charge in [-0.1, -0.05) is 30.3 Å². The second kappa shape index (κ2) is 5.44. The average molecular weight is 296 g/mol. The third kappa shape index (κ3) is 2.82. The van der Waals surface area contributed by atoms with Gasteiger partial charge in [0, 0.05) is 6.20 Å². The van der Waals surface area contributed by atoms with Crippen LogP contribution in [0, 0.1) is 0 Å². The first-order valence-corrected chi connectivity index (χ1v) is 7.46. The number of rotatable bonds is 1. The topological polar surface area (TPSA) is 42.4 Å². The second-order valence-corrected chi connectivity index (χ2v) is 6.49. The molecule has 22 heavy (non-hydrogen) atoms. The van der Waals surface area contributed by atoms with E-state index >= 15 is 0 Å². The molecule has 0 bridgehead atoms. The van der Waals surface area contributed by atoms with Crippen LogP contribution in [0.25, 0.3) is 0 Å². The lowest BCUT2D eigenvalue weighted by atomic mass is 10.0. The molecule has 1 amide bonds. The fourth-order valence-electron chi connectivity index (χ4n) is 2.75. The molecule has 1 atom stereocenters. The Morgan fingerprint density at radius 2 is 1.95 bits per heavy atom. The first-order valence-electron chi connectivity index (χ1n) is 7.46. The summed E-state index contributed by atoms with van der Waals surface area (Å²) in [6.07, 6.45) is 3.95. The summed E-state index contributed by atoms with van der Waals surface area (Å²) < 4.78 is 5.59. The van der Waals surface area contributed by atoms with Crippen molar-refractivity contribution in [3.8, 4) is 0 Å². The smallest absolute Gasteiger partial charge is 0.415 e. The van der Waals surface area contributed by atoms with E-state index in [0.717, 1.165) is 23.2 Å². The van der Waals surface area contributed by atoms with Gasteiger partial charge < -0.3 is 4.74 Å². The first kappa shape index (κ1) is 14.6. The zero-order valence-corrected chi connectivity index (χ0v) is 13.1. The normalized spacial score (nSPS) is 17.2. The zero-order chi connectivity index (χ0) is 15.7. The Bertz CT molecular complexity index is 677. The van der Waals surface area contributed by atoms with Gasteiger partial charge >= 0.3 is 6.09 Å². The van der Waals surface area contributed by atoms with Crippen LogP contribution in [-0.2, 0) is 11.2 Å². The number of pyridine rings is 1. The number of carbonyl (C=O) groups excluding carboxylic acids is 1. The first-order chi connectivity index (χ1) is 10.5. The summed E-state index contributed by atoms with van der Waals surface area (Å²) >= 11 is 0. The van der Waals surface area contributed by atoms with Crippen molar-refractivity contribution >= 4 is 11.8 Å². The highest BCUT2D eigenvalue weighted by Crippen LogP contribution is 2.40. The van der Waals surface area contributed by atoms with Crippen LogP contribution >= 0.6 is 0 Å². The molecular formula is C18H20N2O2. The second-order valence-electron chi connectivity index (χ2n) is 6.49. The minimum absolute atomic E-state index is 0.0461. The monoisotopic (exact) mass is 296 g/mol. The molecule has 0 fully saturated rings. The maximum Gasteiger partial charge on any atom is 0.415 e. The van der Waals surface area contributed by atoms with Gasteiger partial charge in [-0.25, -0.2) is 4.79 Å². The highest BCUT2D eigenvalue weighted by atomic mass is 16.6. The van der Waals surface area contributed by atoms with E-state index in [0.29, 0.717) is 0 Å². The molecule has 0 radical (unpaired) electrons. The Kier molecular flexibility index (Phi) is 3.61. The molecule has 2 aromatic rings. The van der Waals surface area contributed by atoms with Gasteiger partial charge in [-0.3, -0.25) is 9.88 Å². The number of hydrogen-bond donors (Lipinski definition) is 0. The molecule has 3 rings (SSSR count). The molecule has 2 heterocycles. The number of benzene rings is 1. The zero-order valence-electron chi connectivity index (χ0n) is 13.1. The third-order valence-electron chi connectivity index (χ3n) is 3.65. The highest BCUT2D eigenvalue weighted by Gasteiger charge is 2.37. The summed E-state index contributed by atoms with van der Waals surface area (Å²) in [5.41, 5.74) is 2.54. The molecule has 0 saturated heterocycles. The van der Waals surface area contributed by atoms with Crippen molar-refractivity contribution < 1.29 is 9.53 Å². The molecule has 1 aliphatic heterocycles. The minimum atomic E-state index is -0.525. The third-order valence-corrected chi connectivity index (χ3v) is 3.65. The van der Waals surface area contributed by atoms with Gasteiger partial charge in [0.05, 0.1) is 17.9 Å². The fourth-order valence-corrected chi connectivity index (χ4v) is 2.75. The molecule has 1 aromatic heterocycles. The number of hydrogen-bond acceptors (Lipinski definition) is 3. The number of fused-ring (bicyclic) bond motifs is 1. The van der Waals surface area contributed by atoms with Crippen LogP contribution in [0.4, 0.5) is 10.5 Å². The summed E-state index contributed by atoms with van der Waals surface area (Å²) in [7, 11) is 0. The summed E-state index contributed by atoms with van der Waals surface area (Å²) in [6, 6.07) is 12.0. The van der Waals surface area contributed by atoms with Crippen LogP contribution in [0.3, 0.4) is 0 Å². The molecule has 0 N–H and O–H groups in total. The van der Waals surface area contributed by atoms with Crippen LogP contribution in [0.2, 0.25) is 0 Å². The average Bonchev–Trinajstić information content (AvgIpc) is 2.86. The SMILES string of the molecule is CC(C)(C)OC(=O)N1c2cnccc2CC1c1ccccc1. The summed E-state index contributed by atoms with van der Waals surface area (Å²) in [6.45, 7) is 5.63. The molecule has 0 saturated carbocycles. The Morgan fingerprint density at radius 1 is 1.23 bits per heavy atom. The van der Waals surface area contributed by atoms with Crippen LogP contribution in [0.15, 0.2) is 48.8 Å². The van der Waals surface area contributed by atoms with E-state index in [4.69, 9.17) is 4.74 Å². The van der Waals surface area contributed by atoms with Crippen molar-refractivity contribution in [2.45, 2.75) is 38.8 Å². The number of anilines is 1. The van der Waals surface area contributed by atoms with Crippen LogP contribution in [0.5, 0.6) is 0 Å². The number of ether oxygens (including phenoxy) is 1. The quantitative estimate of drug-likeness (QED) is 0.795. The van der Waals surface area contributed by atoms with Gasteiger partial charge in [0.15, 0.2) is 0 Å². The van der Waals surface area contributed by atoms with Crippen molar-refractivity contribution in [3.05, 3.63) is 59.9 Å². The van der Waals surface area contributed by atoms with Gasteiger partial charge in [-0.05, 0) is 44.4 Å². The van der Waals surface area contributed by atoms with E-state index in [9.17, 15) is 4.79 Å². The fraction of sp³-hybridized carbons (Fsp3) is 0.333. The lowest BCUT2D eigenvalue weighted by Crippen LogP contribution is -2.37. The van der Waals surface area contributed by atoms with Crippen LogP contribution in [-0.4, -0.2) is 16.7 Å². The Balaban J connectivity index is 1.99. The predicted octanol–water partition coefficient (Wildman–Crippen LogP) is 4.12. The standard InChI is InChI=1S/C18H20N2O2/c1-18(2,3)22-17(21)20-15(13-7-5-4-6-8-13)11-14-9-10-19-12-16(14)20/h4-10,12,15H,11H2,1-3H3. The van der Waals surface area contributed by atoms with E-state index in [1.165, 1.54) is 0 Å². The highest BCUT2D eigenvalue weighted by molar-refractivity contribution is 5.91. The van der Waals surface area contributed by atoms with Crippen LogP contribution < -0.4 is 4.90 Å².